The molecule has 0 radical (unpaired) electrons. The maximum atomic E-state index is 10.1. The number of aromatic nitrogens is 4. The van der Waals surface area contributed by atoms with Crippen LogP contribution in [-0.2, 0) is 6.54 Å². The third-order valence-electron chi connectivity index (χ3n) is 3.46. The smallest absolute Gasteiger partial charge is 0.204 e. The minimum atomic E-state index is -0.813. The molecule has 1 N–H and O–H groups in total. The quantitative estimate of drug-likeness (QED) is 0.711. The van der Waals surface area contributed by atoms with Gasteiger partial charge in [-0.05, 0) is 30.3 Å². The number of benzene rings is 2. The average Bonchev–Trinajstić information content (AvgIpc) is 3.03. The van der Waals surface area contributed by atoms with Crippen molar-refractivity contribution in [3.63, 3.8) is 0 Å². The molecule has 3 rings (SSSR count). The molecule has 25 heavy (non-hydrogen) atoms. The minimum absolute atomic E-state index is 0.0444. The molecule has 1 atom stereocenters. The van der Waals surface area contributed by atoms with Crippen molar-refractivity contribution in [3.05, 3.63) is 58.1 Å². The summed E-state index contributed by atoms with van der Waals surface area (Å²) in [5, 5.41) is 23.2. The average molecular weight is 379 g/mol. The summed E-state index contributed by atoms with van der Waals surface area (Å²) in [6.45, 7) is 2.21. The van der Waals surface area contributed by atoms with Gasteiger partial charge < -0.3 is 9.84 Å². The lowest BCUT2D eigenvalue weighted by atomic mass is 10.1. The van der Waals surface area contributed by atoms with Crippen molar-refractivity contribution < 1.29 is 9.84 Å². The molecule has 0 unspecified atom stereocenters. The zero-order valence-corrected chi connectivity index (χ0v) is 14.9. The van der Waals surface area contributed by atoms with Gasteiger partial charge in [0, 0.05) is 10.6 Å². The van der Waals surface area contributed by atoms with Crippen LogP contribution in [0.15, 0.2) is 42.5 Å². The minimum Gasteiger partial charge on any atom is -0.489 e. The number of tetrazole rings is 1. The van der Waals surface area contributed by atoms with Gasteiger partial charge in [-0.1, -0.05) is 53.0 Å². The predicted molar refractivity (Wildman–Crippen MR) is 96.0 cm³/mol. The van der Waals surface area contributed by atoms with E-state index in [4.69, 9.17) is 27.9 Å². The summed E-state index contributed by atoms with van der Waals surface area (Å²) in [5.74, 6) is 0.964. The van der Waals surface area contributed by atoms with E-state index < -0.39 is 6.10 Å². The Bertz CT molecular complexity index is 852. The van der Waals surface area contributed by atoms with Crippen LogP contribution >= 0.6 is 23.2 Å². The van der Waals surface area contributed by atoms with Crippen LogP contribution in [0.25, 0.3) is 11.4 Å². The van der Waals surface area contributed by atoms with Gasteiger partial charge in [0.15, 0.2) is 0 Å². The van der Waals surface area contributed by atoms with E-state index in [1.807, 2.05) is 31.2 Å². The van der Waals surface area contributed by atoms with Crippen molar-refractivity contribution in [2.45, 2.75) is 19.6 Å². The molecule has 3 aromatic rings. The molecular formula is C17H16Cl2N4O2. The molecule has 0 aliphatic rings. The third kappa shape index (κ3) is 4.69. The summed E-state index contributed by atoms with van der Waals surface area (Å²) in [6, 6.07) is 12.7. The van der Waals surface area contributed by atoms with E-state index in [0.717, 1.165) is 11.1 Å². The van der Waals surface area contributed by atoms with Crippen LogP contribution in [0.5, 0.6) is 5.75 Å². The number of aliphatic hydroxyl groups excluding tert-OH is 1. The van der Waals surface area contributed by atoms with Crippen LogP contribution in [0.3, 0.4) is 0 Å². The zero-order chi connectivity index (χ0) is 17.8. The Morgan fingerprint density at radius 1 is 1.16 bits per heavy atom. The van der Waals surface area contributed by atoms with Gasteiger partial charge in [-0.3, -0.25) is 0 Å². The van der Waals surface area contributed by atoms with E-state index >= 15 is 0 Å². The van der Waals surface area contributed by atoms with Gasteiger partial charge in [-0.25, -0.2) is 0 Å². The van der Waals surface area contributed by atoms with Crippen LogP contribution in [0.2, 0.25) is 10.0 Å². The lowest BCUT2D eigenvalue weighted by Crippen LogP contribution is -2.25. The molecule has 1 aromatic heterocycles. The van der Waals surface area contributed by atoms with Crippen LogP contribution in [-0.4, -0.2) is 38.0 Å². The molecule has 2 aromatic carbocycles. The van der Waals surface area contributed by atoms with Gasteiger partial charge in [0.05, 0.1) is 11.6 Å². The summed E-state index contributed by atoms with van der Waals surface area (Å²) in [5.41, 5.74) is 2.03. The fraction of sp³-hybridized carbons (Fsp3) is 0.235. The fourth-order valence-electron chi connectivity index (χ4n) is 2.16. The highest BCUT2D eigenvalue weighted by Crippen LogP contribution is 2.27. The van der Waals surface area contributed by atoms with Crippen LogP contribution in [0.1, 0.15) is 5.56 Å². The van der Waals surface area contributed by atoms with Crippen LogP contribution in [0, 0.1) is 6.92 Å². The zero-order valence-electron chi connectivity index (χ0n) is 13.4. The topological polar surface area (TPSA) is 73.1 Å². The molecule has 0 aliphatic heterocycles. The first-order valence-electron chi connectivity index (χ1n) is 7.62. The van der Waals surface area contributed by atoms with Crippen molar-refractivity contribution in [3.8, 4) is 17.1 Å². The molecule has 0 aliphatic carbocycles. The van der Waals surface area contributed by atoms with Crippen molar-refractivity contribution >= 4 is 23.2 Å². The lowest BCUT2D eigenvalue weighted by molar-refractivity contribution is 0.0850. The highest BCUT2D eigenvalue weighted by Gasteiger charge is 2.12. The number of hydrogen-bond donors (Lipinski definition) is 1. The number of aryl methyl sites for hydroxylation is 1. The number of rotatable bonds is 6. The molecule has 0 saturated heterocycles. The van der Waals surface area contributed by atoms with Crippen molar-refractivity contribution in [1.29, 1.82) is 0 Å². The Labute approximate surface area is 155 Å². The van der Waals surface area contributed by atoms with Gasteiger partial charge in [0.25, 0.3) is 0 Å². The number of ether oxygens (including phenoxy) is 1. The lowest BCUT2D eigenvalue weighted by Gasteiger charge is -2.12. The maximum absolute atomic E-state index is 10.1. The molecule has 0 saturated carbocycles. The van der Waals surface area contributed by atoms with Crippen LogP contribution in [0.4, 0.5) is 0 Å². The summed E-state index contributed by atoms with van der Waals surface area (Å²) >= 11 is 11.9. The molecule has 0 spiro atoms. The van der Waals surface area contributed by atoms with Crippen LogP contribution < -0.4 is 4.74 Å². The van der Waals surface area contributed by atoms with Gasteiger partial charge in [0.2, 0.25) is 5.82 Å². The fourth-order valence-corrected chi connectivity index (χ4v) is 2.62. The highest BCUT2D eigenvalue weighted by molar-refractivity contribution is 6.35. The Balaban J connectivity index is 1.58. The van der Waals surface area contributed by atoms with Gasteiger partial charge in [-0.2, -0.15) is 4.80 Å². The van der Waals surface area contributed by atoms with Gasteiger partial charge >= 0.3 is 0 Å². The molecule has 8 heteroatoms. The maximum Gasteiger partial charge on any atom is 0.204 e. The molecule has 1 heterocycles. The van der Waals surface area contributed by atoms with E-state index in [1.165, 1.54) is 4.80 Å². The highest BCUT2D eigenvalue weighted by atomic mass is 35.5. The predicted octanol–water partition coefficient (Wildman–Crippen LogP) is 3.40. The third-order valence-corrected chi connectivity index (χ3v) is 3.99. The SMILES string of the molecule is Cc1ccc(-c2nnn(C[C@@H](O)COc3ccc(Cl)cc3Cl)n2)cc1. The summed E-state index contributed by atoms with van der Waals surface area (Å²) in [6.07, 6.45) is -0.813. The van der Waals surface area contributed by atoms with E-state index in [9.17, 15) is 5.11 Å². The molecule has 0 bridgehead atoms. The number of halogens is 2. The monoisotopic (exact) mass is 378 g/mol. The first-order chi connectivity index (χ1) is 12.0. The number of nitrogens with zero attached hydrogens (tertiary/aromatic N) is 4. The van der Waals surface area contributed by atoms with Crippen molar-refractivity contribution in [1.82, 2.24) is 20.2 Å². The van der Waals surface area contributed by atoms with E-state index in [-0.39, 0.29) is 13.2 Å². The molecule has 130 valence electrons. The number of aliphatic hydroxyl groups is 1. The normalized spacial score (nSPS) is 12.2. The first kappa shape index (κ1) is 17.7. The van der Waals surface area contributed by atoms with Gasteiger partial charge in [-0.15, -0.1) is 10.2 Å². The van der Waals surface area contributed by atoms with Crippen molar-refractivity contribution in [2.75, 3.05) is 6.61 Å². The first-order valence-corrected chi connectivity index (χ1v) is 8.37. The number of hydrogen-bond acceptors (Lipinski definition) is 5. The molecule has 0 amide bonds. The molecule has 6 nitrogen and oxygen atoms in total. The largest absolute Gasteiger partial charge is 0.489 e. The van der Waals surface area contributed by atoms with Crippen molar-refractivity contribution in [2.24, 2.45) is 0 Å². The Morgan fingerprint density at radius 3 is 2.64 bits per heavy atom. The Kier molecular flexibility index (Phi) is 5.53. The summed E-state index contributed by atoms with van der Waals surface area (Å²) < 4.78 is 5.50. The molecular weight excluding hydrogens is 363 g/mol. The summed E-state index contributed by atoms with van der Waals surface area (Å²) in [7, 11) is 0. The second kappa shape index (κ2) is 7.82. The van der Waals surface area contributed by atoms with E-state index in [1.54, 1.807) is 18.2 Å². The standard InChI is InChI=1S/C17H16Cl2N4O2/c1-11-2-4-12(5-3-11)17-20-22-23(21-17)9-14(24)10-25-16-7-6-13(18)8-15(16)19/h2-8,14,24H,9-10H2,1H3/t14-/m1/s1. The molecule has 0 fully saturated rings. The Hall–Kier alpha value is -2.15. The van der Waals surface area contributed by atoms with E-state index in [0.29, 0.717) is 21.6 Å². The summed E-state index contributed by atoms with van der Waals surface area (Å²) in [4.78, 5) is 1.34. The van der Waals surface area contributed by atoms with Gasteiger partial charge in [0.1, 0.15) is 18.5 Å². The Morgan fingerprint density at radius 2 is 1.92 bits per heavy atom. The van der Waals surface area contributed by atoms with E-state index in [2.05, 4.69) is 15.4 Å². The second-order valence-electron chi connectivity index (χ2n) is 5.57. The second-order valence-corrected chi connectivity index (χ2v) is 6.42.